The minimum absolute atomic E-state index is 0.644. The summed E-state index contributed by atoms with van der Waals surface area (Å²) in [5.41, 5.74) is 0.408. The molecule has 0 radical (unpaired) electrons. The Kier molecular flexibility index (Phi) is 7.33. The third kappa shape index (κ3) is 5.36. The van der Waals surface area contributed by atoms with Gasteiger partial charge in [-0.25, -0.2) is 0 Å². The van der Waals surface area contributed by atoms with Crippen LogP contribution in [0, 0.1) is 0 Å². The van der Waals surface area contributed by atoms with Gasteiger partial charge in [0, 0.05) is 46.6 Å². The average molecular weight is 307 g/mol. The van der Waals surface area contributed by atoms with Crippen LogP contribution in [0.25, 0.3) is 0 Å². The molecule has 1 fully saturated rings. The number of methoxy groups -OCH3 is 1. The molecule has 1 N–H and O–H groups in total. The number of hydrogen-bond acceptors (Lipinski definition) is 4. The number of benzene rings is 1. The highest BCUT2D eigenvalue weighted by atomic mass is 16.5. The minimum Gasteiger partial charge on any atom is -0.385 e. The van der Waals surface area contributed by atoms with Gasteiger partial charge in [0.15, 0.2) is 0 Å². The molecule has 0 saturated carbocycles. The van der Waals surface area contributed by atoms with Gasteiger partial charge < -0.3 is 19.5 Å². The molecule has 2 rings (SSSR count). The zero-order valence-corrected chi connectivity index (χ0v) is 13.7. The van der Waals surface area contributed by atoms with Crippen LogP contribution in [-0.4, -0.2) is 56.6 Å². The largest absolute Gasteiger partial charge is 0.385 e. The summed E-state index contributed by atoms with van der Waals surface area (Å²) in [6.07, 6.45) is 3.64. The molecule has 1 aliphatic rings. The van der Waals surface area contributed by atoms with Crippen LogP contribution in [0.15, 0.2) is 30.3 Å². The molecule has 0 aromatic heterocycles. The first-order chi connectivity index (χ1) is 10.7. The molecule has 1 saturated heterocycles. The molecule has 1 heterocycles. The number of ether oxygens (including phenoxy) is 2. The highest BCUT2D eigenvalue weighted by Gasteiger charge is 2.33. The quantitative estimate of drug-likeness (QED) is 0.712. The molecular formula is C18H29NO3. The number of likely N-dealkylation sites (tertiary alicyclic amines) is 1. The molecule has 0 atom stereocenters. The fourth-order valence-electron chi connectivity index (χ4n) is 2.98. The van der Waals surface area contributed by atoms with E-state index in [-0.39, 0.29) is 0 Å². The lowest BCUT2D eigenvalue weighted by molar-refractivity contribution is -0.0274. The number of aliphatic hydroxyl groups is 1. The zero-order valence-electron chi connectivity index (χ0n) is 13.7. The molecule has 124 valence electrons. The predicted octanol–water partition coefficient (Wildman–Crippen LogP) is 2.41. The molecule has 1 aliphatic heterocycles. The van der Waals surface area contributed by atoms with Gasteiger partial charge in [0.2, 0.25) is 0 Å². The second kappa shape index (κ2) is 9.26. The average Bonchev–Trinajstić information content (AvgIpc) is 2.57. The highest BCUT2D eigenvalue weighted by Crippen LogP contribution is 2.32. The molecular weight excluding hydrogens is 278 g/mol. The fraction of sp³-hybridized carbons (Fsp3) is 0.667. The van der Waals surface area contributed by atoms with Crippen molar-refractivity contribution < 1.29 is 14.6 Å². The van der Waals surface area contributed by atoms with E-state index in [0.717, 1.165) is 70.7 Å². The standard InChI is InChI=1S/C18H29NO3/c1-21-14-6-16-22-15-5-11-19-12-9-18(20,10-13-19)17-7-3-2-4-8-17/h2-4,7-8,20H,5-6,9-16H2,1H3. The third-order valence-corrected chi connectivity index (χ3v) is 4.39. The number of nitrogens with zero attached hydrogens (tertiary/aromatic N) is 1. The van der Waals surface area contributed by atoms with Gasteiger partial charge in [0.1, 0.15) is 0 Å². The summed E-state index contributed by atoms with van der Waals surface area (Å²) in [7, 11) is 1.72. The van der Waals surface area contributed by atoms with Gasteiger partial charge in [-0.1, -0.05) is 30.3 Å². The van der Waals surface area contributed by atoms with E-state index in [4.69, 9.17) is 9.47 Å². The molecule has 4 nitrogen and oxygen atoms in total. The molecule has 0 bridgehead atoms. The Bertz CT molecular complexity index is 402. The predicted molar refractivity (Wildman–Crippen MR) is 87.9 cm³/mol. The Hall–Kier alpha value is -0.940. The van der Waals surface area contributed by atoms with Crippen LogP contribution in [0.3, 0.4) is 0 Å². The highest BCUT2D eigenvalue weighted by molar-refractivity contribution is 5.22. The van der Waals surface area contributed by atoms with Crippen LogP contribution in [0.5, 0.6) is 0 Å². The second-order valence-electron chi connectivity index (χ2n) is 6.05. The van der Waals surface area contributed by atoms with Crippen molar-refractivity contribution in [2.45, 2.75) is 31.3 Å². The van der Waals surface area contributed by atoms with Gasteiger partial charge >= 0.3 is 0 Å². The van der Waals surface area contributed by atoms with Crippen LogP contribution in [0.1, 0.15) is 31.2 Å². The van der Waals surface area contributed by atoms with Gasteiger partial charge in [0.25, 0.3) is 0 Å². The Morgan fingerprint density at radius 3 is 2.41 bits per heavy atom. The van der Waals surface area contributed by atoms with Crippen molar-refractivity contribution >= 4 is 0 Å². The van der Waals surface area contributed by atoms with Crippen molar-refractivity contribution in [1.82, 2.24) is 4.90 Å². The Morgan fingerprint density at radius 2 is 1.73 bits per heavy atom. The van der Waals surface area contributed by atoms with E-state index in [1.165, 1.54) is 0 Å². The van der Waals surface area contributed by atoms with Crippen molar-refractivity contribution in [3.05, 3.63) is 35.9 Å². The number of rotatable bonds is 9. The maximum atomic E-state index is 10.8. The molecule has 1 aromatic rings. The van der Waals surface area contributed by atoms with E-state index in [1.54, 1.807) is 7.11 Å². The Balaban J connectivity index is 1.61. The molecule has 22 heavy (non-hydrogen) atoms. The second-order valence-corrected chi connectivity index (χ2v) is 6.05. The normalized spacial score (nSPS) is 18.5. The summed E-state index contributed by atoms with van der Waals surface area (Å²) >= 11 is 0. The molecule has 0 amide bonds. The van der Waals surface area contributed by atoms with Gasteiger partial charge in [-0.15, -0.1) is 0 Å². The lowest BCUT2D eigenvalue weighted by Gasteiger charge is -2.38. The SMILES string of the molecule is COCCCOCCCN1CCC(O)(c2ccccc2)CC1. The molecule has 0 unspecified atom stereocenters. The van der Waals surface area contributed by atoms with Gasteiger partial charge in [-0.05, 0) is 31.2 Å². The Morgan fingerprint density at radius 1 is 1.05 bits per heavy atom. The van der Waals surface area contributed by atoms with Crippen LogP contribution < -0.4 is 0 Å². The van der Waals surface area contributed by atoms with E-state index in [9.17, 15) is 5.11 Å². The van der Waals surface area contributed by atoms with Crippen LogP contribution in [0.4, 0.5) is 0 Å². The smallest absolute Gasteiger partial charge is 0.0920 e. The first-order valence-electron chi connectivity index (χ1n) is 8.31. The molecule has 4 heteroatoms. The van der Waals surface area contributed by atoms with E-state index < -0.39 is 5.60 Å². The van der Waals surface area contributed by atoms with E-state index in [2.05, 4.69) is 4.90 Å². The van der Waals surface area contributed by atoms with Gasteiger partial charge in [0.05, 0.1) is 5.60 Å². The van der Waals surface area contributed by atoms with Gasteiger partial charge in [-0.3, -0.25) is 0 Å². The number of piperidine rings is 1. The summed E-state index contributed by atoms with van der Waals surface area (Å²) in [6, 6.07) is 10.1. The molecule has 1 aromatic carbocycles. The zero-order chi connectivity index (χ0) is 15.7. The maximum absolute atomic E-state index is 10.8. The minimum atomic E-state index is -0.644. The van der Waals surface area contributed by atoms with E-state index in [1.807, 2.05) is 30.3 Å². The van der Waals surface area contributed by atoms with E-state index >= 15 is 0 Å². The third-order valence-electron chi connectivity index (χ3n) is 4.39. The lowest BCUT2D eigenvalue weighted by Crippen LogP contribution is -2.43. The molecule has 0 spiro atoms. The monoisotopic (exact) mass is 307 g/mol. The van der Waals surface area contributed by atoms with Crippen molar-refractivity contribution in [3.8, 4) is 0 Å². The van der Waals surface area contributed by atoms with Crippen LogP contribution in [-0.2, 0) is 15.1 Å². The Labute approximate surface area is 134 Å². The van der Waals surface area contributed by atoms with E-state index in [0.29, 0.717) is 0 Å². The summed E-state index contributed by atoms with van der Waals surface area (Å²) in [5.74, 6) is 0. The summed E-state index contributed by atoms with van der Waals surface area (Å²) in [4.78, 5) is 2.43. The first-order valence-corrected chi connectivity index (χ1v) is 8.31. The summed E-state index contributed by atoms with van der Waals surface area (Å²) in [5, 5.41) is 10.8. The van der Waals surface area contributed by atoms with Crippen molar-refractivity contribution in [2.75, 3.05) is 46.6 Å². The van der Waals surface area contributed by atoms with Crippen molar-refractivity contribution in [2.24, 2.45) is 0 Å². The summed E-state index contributed by atoms with van der Waals surface area (Å²) < 4.78 is 10.6. The van der Waals surface area contributed by atoms with Crippen molar-refractivity contribution in [1.29, 1.82) is 0 Å². The summed E-state index contributed by atoms with van der Waals surface area (Å²) in [6.45, 7) is 5.31. The fourth-order valence-corrected chi connectivity index (χ4v) is 2.98. The van der Waals surface area contributed by atoms with Crippen LogP contribution in [0.2, 0.25) is 0 Å². The van der Waals surface area contributed by atoms with Crippen molar-refractivity contribution in [3.63, 3.8) is 0 Å². The van der Waals surface area contributed by atoms with Gasteiger partial charge in [-0.2, -0.15) is 0 Å². The van der Waals surface area contributed by atoms with Crippen LogP contribution >= 0.6 is 0 Å². The number of hydrogen-bond donors (Lipinski definition) is 1. The molecule has 0 aliphatic carbocycles. The lowest BCUT2D eigenvalue weighted by atomic mass is 9.84. The maximum Gasteiger partial charge on any atom is 0.0920 e. The first kappa shape index (κ1) is 17.4. The topological polar surface area (TPSA) is 41.9 Å².